The molecule has 14 heavy (non-hydrogen) atoms. The minimum Gasteiger partial charge on any atom is -0.391 e. The summed E-state index contributed by atoms with van der Waals surface area (Å²) in [6, 6.07) is -0.895. The second kappa shape index (κ2) is 4.23. The van der Waals surface area contributed by atoms with Gasteiger partial charge in [0.15, 0.2) is 0 Å². The van der Waals surface area contributed by atoms with Crippen LogP contribution in [0.2, 0.25) is 0 Å². The van der Waals surface area contributed by atoms with Crippen LogP contribution in [0.15, 0.2) is 0 Å². The standard InChI is InChI=1S/C9H18N2O3/c1-5(2)3-7(10)9(12)6-4-8(6)11(13)14/h5-9,12H,3-4,10H2,1-2H3/t6?,7-,8?,9?/m0/s1. The topological polar surface area (TPSA) is 89.4 Å². The van der Waals surface area contributed by atoms with Crippen molar-refractivity contribution in [3.05, 3.63) is 10.1 Å². The molecule has 0 radical (unpaired) electrons. The normalized spacial score (nSPS) is 30.1. The van der Waals surface area contributed by atoms with Crippen LogP contribution < -0.4 is 5.73 Å². The predicted octanol–water partition coefficient (Wildman–Crippen LogP) is 0.386. The van der Waals surface area contributed by atoms with Gasteiger partial charge >= 0.3 is 0 Å². The van der Waals surface area contributed by atoms with Crippen LogP contribution in [-0.4, -0.2) is 28.2 Å². The van der Waals surface area contributed by atoms with E-state index in [1.165, 1.54) is 0 Å². The Morgan fingerprint density at radius 2 is 2.21 bits per heavy atom. The van der Waals surface area contributed by atoms with Gasteiger partial charge in [-0.05, 0) is 12.3 Å². The molecule has 1 rings (SSSR count). The fourth-order valence-electron chi connectivity index (χ4n) is 1.81. The number of nitro groups is 1. The van der Waals surface area contributed by atoms with E-state index < -0.39 is 12.1 Å². The molecule has 5 heteroatoms. The monoisotopic (exact) mass is 202 g/mol. The molecule has 0 saturated heterocycles. The molecule has 0 amide bonds. The van der Waals surface area contributed by atoms with Crippen molar-refractivity contribution in [2.24, 2.45) is 17.6 Å². The molecule has 0 spiro atoms. The number of hydrogen-bond donors (Lipinski definition) is 2. The first-order valence-corrected chi connectivity index (χ1v) is 5.00. The van der Waals surface area contributed by atoms with E-state index >= 15 is 0 Å². The Morgan fingerprint density at radius 1 is 1.64 bits per heavy atom. The van der Waals surface area contributed by atoms with Crippen molar-refractivity contribution in [3.63, 3.8) is 0 Å². The summed E-state index contributed by atoms with van der Waals surface area (Å²) in [5.41, 5.74) is 5.75. The summed E-state index contributed by atoms with van der Waals surface area (Å²) in [6.45, 7) is 4.04. The van der Waals surface area contributed by atoms with Crippen molar-refractivity contribution in [2.75, 3.05) is 0 Å². The minimum absolute atomic E-state index is 0.223. The molecular formula is C9H18N2O3. The number of nitrogens with zero attached hydrogens (tertiary/aromatic N) is 1. The lowest BCUT2D eigenvalue weighted by Gasteiger charge is -2.19. The summed E-state index contributed by atoms with van der Waals surface area (Å²) in [6.07, 6.45) is 0.468. The second-order valence-electron chi connectivity index (χ2n) is 4.54. The third-order valence-corrected chi connectivity index (χ3v) is 2.70. The van der Waals surface area contributed by atoms with Gasteiger partial charge < -0.3 is 10.8 Å². The summed E-state index contributed by atoms with van der Waals surface area (Å²) in [5, 5.41) is 20.1. The van der Waals surface area contributed by atoms with Crippen LogP contribution in [0.3, 0.4) is 0 Å². The Balaban J connectivity index is 2.36. The van der Waals surface area contributed by atoms with Crippen molar-refractivity contribution < 1.29 is 10.0 Å². The molecule has 82 valence electrons. The molecule has 5 nitrogen and oxygen atoms in total. The summed E-state index contributed by atoms with van der Waals surface area (Å²) in [4.78, 5) is 10.1. The fourth-order valence-corrected chi connectivity index (χ4v) is 1.81. The van der Waals surface area contributed by atoms with Gasteiger partial charge in [0.1, 0.15) is 0 Å². The van der Waals surface area contributed by atoms with E-state index in [0.29, 0.717) is 18.8 Å². The highest BCUT2D eigenvalue weighted by molar-refractivity contribution is 4.96. The first-order valence-electron chi connectivity index (χ1n) is 5.00. The Morgan fingerprint density at radius 3 is 2.57 bits per heavy atom. The zero-order valence-electron chi connectivity index (χ0n) is 8.59. The van der Waals surface area contributed by atoms with Crippen molar-refractivity contribution in [1.82, 2.24) is 0 Å². The summed E-state index contributed by atoms with van der Waals surface area (Å²) in [7, 11) is 0. The summed E-state index contributed by atoms with van der Waals surface area (Å²) < 4.78 is 0. The molecule has 0 aliphatic heterocycles. The number of aliphatic hydroxyl groups is 1. The Labute approximate surface area is 83.4 Å². The van der Waals surface area contributed by atoms with Gasteiger partial charge in [0.25, 0.3) is 0 Å². The third-order valence-electron chi connectivity index (χ3n) is 2.70. The van der Waals surface area contributed by atoms with E-state index in [-0.39, 0.29) is 16.9 Å². The lowest BCUT2D eigenvalue weighted by atomic mass is 9.97. The van der Waals surface area contributed by atoms with Crippen LogP contribution in [0, 0.1) is 22.0 Å². The van der Waals surface area contributed by atoms with E-state index in [1.54, 1.807) is 0 Å². The Hall–Kier alpha value is -0.680. The van der Waals surface area contributed by atoms with Crippen LogP contribution in [0.25, 0.3) is 0 Å². The van der Waals surface area contributed by atoms with Gasteiger partial charge in [-0.15, -0.1) is 0 Å². The third kappa shape index (κ3) is 2.65. The number of aliphatic hydroxyl groups excluding tert-OH is 1. The highest BCUT2D eigenvalue weighted by Gasteiger charge is 2.53. The molecule has 1 aliphatic carbocycles. The van der Waals surface area contributed by atoms with E-state index in [2.05, 4.69) is 0 Å². The number of nitrogens with two attached hydrogens (primary N) is 1. The fraction of sp³-hybridized carbons (Fsp3) is 1.00. The van der Waals surface area contributed by atoms with E-state index in [1.807, 2.05) is 13.8 Å². The molecule has 3 unspecified atom stereocenters. The maximum Gasteiger partial charge on any atom is 0.219 e. The minimum atomic E-state index is -0.715. The van der Waals surface area contributed by atoms with Crippen molar-refractivity contribution >= 4 is 0 Å². The van der Waals surface area contributed by atoms with Crippen LogP contribution in [-0.2, 0) is 0 Å². The molecule has 0 bridgehead atoms. The van der Waals surface area contributed by atoms with Crippen molar-refractivity contribution in [2.45, 2.75) is 44.9 Å². The van der Waals surface area contributed by atoms with Gasteiger partial charge in [-0.3, -0.25) is 10.1 Å². The highest BCUT2D eigenvalue weighted by Crippen LogP contribution is 2.37. The van der Waals surface area contributed by atoms with Gasteiger partial charge in [-0.1, -0.05) is 13.8 Å². The molecule has 0 aromatic heterocycles. The first kappa shape index (κ1) is 11.4. The highest BCUT2D eigenvalue weighted by atomic mass is 16.6. The predicted molar refractivity (Wildman–Crippen MR) is 52.3 cm³/mol. The first-order chi connectivity index (χ1) is 6.43. The molecular weight excluding hydrogens is 184 g/mol. The maximum absolute atomic E-state index is 10.4. The molecule has 1 fully saturated rings. The second-order valence-corrected chi connectivity index (χ2v) is 4.54. The SMILES string of the molecule is CC(C)C[C@H](N)C(O)C1CC1[N+](=O)[O-]. The lowest BCUT2D eigenvalue weighted by molar-refractivity contribution is -0.499. The quantitative estimate of drug-likeness (QED) is 0.498. The molecule has 4 atom stereocenters. The zero-order valence-corrected chi connectivity index (χ0v) is 8.59. The Kier molecular flexibility index (Phi) is 3.44. The number of rotatable bonds is 5. The van der Waals surface area contributed by atoms with Gasteiger partial charge in [-0.25, -0.2) is 0 Å². The lowest BCUT2D eigenvalue weighted by Crippen LogP contribution is -2.38. The van der Waals surface area contributed by atoms with Gasteiger partial charge in [0.2, 0.25) is 6.04 Å². The average Bonchev–Trinajstić information content (AvgIpc) is 2.80. The van der Waals surface area contributed by atoms with Gasteiger partial charge in [0.05, 0.1) is 12.0 Å². The van der Waals surface area contributed by atoms with E-state index in [0.717, 1.165) is 0 Å². The zero-order chi connectivity index (χ0) is 10.9. The summed E-state index contributed by atoms with van der Waals surface area (Å²) >= 11 is 0. The summed E-state index contributed by atoms with van der Waals surface area (Å²) in [5.74, 6) is 0.186. The van der Waals surface area contributed by atoms with Crippen LogP contribution in [0.5, 0.6) is 0 Å². The molecule has 3 N–H and O–H groups in total. The average molecular weight is 202 g/mol. The molecule has 1 saturated carbocycles. The molecule has 0 aromatic carbocycles. The van der Waals surface area contributed by atoms with Crippen molar-refractivity contribution in [1.29, 1.82) is 0 Å². The molecule has 0 heterocycles. The van der Waals surface area contributed by atoms with Crippen LogP contribution >= 0.6 is 0 Å². The van der Waals surface area contributed by atoms with E-state index in [4.69, 9.17) is 5.73 Å². The van der Waals surface area contributed by atoms with E-state index in [9.17, 15) is 15.2 Å². The van der Waals surface area contributed by atoms with Gasteiger partial charge in [-0.2, -0.15) is 0 Å². The van der Waals surface area contributed by atoms with Crippen LogP contribution in [0.4, 0.5) is 0 Å². The van der Waals surface area contributed by atoms with Crippen molar-refractivity contribution in [3.8, 4) is 0 Å². The largest absolute Gasteiger partial charge is 0.391 e. The molecule has 0 aromatic rings. The number of hydrogen-bond acceptors (Lipinski definition) is 4. The molecule has 1 aliphatic rings. The van der Waals surface area contributed by atoms with Gasteiger partial charge in [0, 0.05) is 17.4 Å². The Bertz CT molecular complexity index is 220. The van der Waals surface area contributed by atoms with Crippen LogP contribution in [0.1, 0.15) is 26.7 Å². The smallest absolute Gasteiger partial charge is 0.219 e. The maximum atomic E-state index is 10.4.